The van der Waals surface area contributed by atoms with Crippen LogP contribution >= 0.6 is 0 Å². The molecule has 1 aliphatic heterocycles. The molecule has 0 radical (unpaired) electrons. The molecule has 2 rings (SSSR count). The maximum absolute atomic E-state index is 13.9. The lowest BCUT2D eigenvalue weighted by atomic mass is 10.1. The third-order valence-corrected chi connectivity index (χ3v) is 5.79. The fraction of sp³-hybridized carbons (Fsp3) is 0.538. The molecular weight excluding hydrogens is 300 g/mol. The molecule has 2 N–H and O–H groups in total. The van der Waals surface area contributed by atoms with Gasteiger partial charge >= 0.3 is 0 Å². The highest BCUT2D eigenvalue weighted by Gasteiger charge is 2.36. The maximum atomic E-state index is 13.9. The van der Waals surface area contributed by atoms with Gasteiger partial charge in [0.05, 0.1) is 0 Å². The summed E-state index contributed by atoms with van der Waals surface area (Å²) in [6.45, 7) is 4.21. The Labute approximate surface area is 123 Å². The molecule has 2 unspecified atom stereocenters. The Morgan fingerprint density at radius 1 is 1.19 bits per heavy atom. The summed E-state index contributed by atoms with van der Waals surface area (Å²) in [5, 5.41) is 0. The van der Waals surface area contributed by atoms with E-state index in [0.29, 0.717) is 0 Å². The number of rotatable bonds is 2. The van der Waals surface area contributed by atoms with E-state index in [-0.39, 0.29) is 30.9 Å². The molecule has 1 fully saturated rings. The predicted molar refractivity (Wildman–Crippen MR) is 76.2 cm³/mol. The Morgan fingerprint density at radius 2 is 1.71 bits per heavy atom. The molecule has 1 saturated heterocycles. The van der Waals surface area contributed by atoms with Gasteiger partial charge in [-0.3, -0.25) is 4.90 Å². The summed E-state index contributed by atoms with van der Waals surface area (Å²) in [7, 11) is -2.21. The number of benzene rings is 1. The highest BCUT2D eigenvalue weighted by Crippen LogP contribution is 2.27. The molecule has 0 amide bonds. The monoisotopic (exact) mass is 319 g/mol. The van der Waals surface area contributed by atoms with Gasteiger partial charge in [-0.2, -0.15) is 4.31 Å². The van der Waals surface area contributed by atoms with Crippen LogP contribution in [0.5, 0.6) is 0 Å². The van der Waals surface area contributed by atoms with Crippen LogP contribution in [0, 0.1) is 11.6 Å². The van der Waals surface area contributed by atoms with Gasteiger partial charge in [0.1, 0.15) is 4.90 Å². The standard InChI is InChI=1S/C13H19F2N3O2S/c1-8-6-18(7-9(2)17(8)3)21(19,20)12-5-10(16)4-11(14)13(12)15/h4-5,8-9H,6-7,16H2,1-3H3. The number of nitrogens with zero attached hydrogens (tertiary/aromatic N) is 2. The first-order valence-corrected chi connectivity index (χ1v) is 8.05. The molecule has 21 heavy (non-hydrogen) atoms. The van der Waals surface area contributed by atoms with E-state index in [4.69, 9.17) is 5.73 Å². The number of hydrogen-bond donors (Lipinski definition) is 1. The minimum atomic E-state index is -4.12. The second kappa shape index (κ2) is 5.51. The highest BCUT2D eigenvalue weighted by atomic mass is 32.2. The zero-order valence-electron chi connectivity index (χ0n) is 12.2. The van der Waals surface area contributed by atoms with Crippen LogP contribution in [0.2, 0.25) is 0 Å². The molecule has 0 aliphatic carbocycles. The van der Waals surface area contributed by atoms with Crippen molar-refractivity contribution in [2.75, 3.05) is 25.9 Å². The van der Waals surface area contributed by atoms with Crippen LogP contribution in [-0.4, -0.2) is 49.8 Å². The zero-order valence-corrected chi connectivity index (χ0v) is 13.0. The molecular formula is C13H19F2N3O2S. The summed E-state index contributed by atoms with van der Waals surface area (Å²) in [4.78, 5) is 1.34. The van der Waals surface area contributed by atoms with Crippen molar-refractivity contribution in [3.63, 3.8) is 0 Å². The van der Waals surface area contributed by atoms with Gasteiger partial charge in [0, 0.05) is 30.9 Å². The molecule has 1 heterocycles. The van der Waals surface area contributed by atoms with Crippen LogP contribution in [-0.2, 0) is 10.0 Å². The van der Waals surface area contributed by atoms with Gasteiger partial charge in [0.2, 0.25) is 10.0 Å². The molecule has 5 nitrogen and oxygen atoms in total. The van der Waals surface area contributed by atoms with Crippen LogP contribution < -0.4 is 5.73 Å². The molecule has 0 spiro atoms. The van der Waals surface area contributed by atoms with Crippen molar-refractivity contribution in [1.29, 1.82) is 0 Å². The second-order valence-electron chi connectivity index (χ2n) is 5.50. The van der Waals surface area contributed by atoms with Crippen LogP contribution in [0.1, 0.15) is 13.8 Å². The number of nitrogen functional groups attached to an aromatic ring is 1. The van der Waals surface area contributed by atoms with E-state index in [9.17, 15) is 17.2 Å². The molecule has 0 aromatic heterocycles. The number of anilines is 1. The van der Waals surface area contributed by atoms with E-state index < -0.39 is 26.6 Å². The van der Waals surface area contributed by atoms with Crippen molar-refractivity contribution >= 4 is 15.7 Å². The van der Waals surface area contributed by atoms with E-state index in [1.54, 1.807) is 0 Å². The number of likely N-dealkylation sites (N-methyl/N-ethyl adjacent to an activating group) is 1. The molecule has 8 heteroatoms. The first-order chi connectivity index (χ1) is 9.64. The normalized spacial score (nSPS) is 25.2. The van der Waals surface area contributed by atoms with Gasteiger partial charge in [0.15, 0.2) is 11.6 Å². The van der Waals surface area contributed by atoms with Gasteiger partial charge in [-0.05, 0) is 33.0 Å². The lowest BCUT2D eigenvalue weighted by molar-refractivity contribution is 0.105. The summed E-state index contributed by atoms with van der Waals surface area (Å²) in [6, 6.07) is 1.69. The van der Waals surface area contributed by atoms with Crippen molar-refractivity contribution < 1.29 is 17.2 Å². The van der Waals surface area contributed by atoms with E-state index in [1.165, 1.54) is 4.31 Å². The van der Waals surface area contributed by atoms with Gasteiger partial charge in [0.25, 0.3) is 0 Å². The molecule has 118 valence electrons. The van der Waals surface area contributed by atoms with Crippen LogP contribution in [0.3, 0.4) is 0 Å². The first-order valence-electron chi connectivity index (χ1n) is 6.61. The van der Waals surface area contributed by atoms with Crippen molar-refractivity contribution in [2.45, 2.75) is 30.8 Å². The quantitative estimate of drug-likeness (QED) is 0.834. The van der Waals surface area contributed by atoms with Gasteiger partial charge in [-0.1, -0.05) is 0 Å². The van der Waals surface area contributed by atoms with Gasteiger partial charge in [-0.15, -0.1) is 0 Å². The summed E-state index contributed by atoms with van der Waals surface area (Å²) < 4.78 is 53.6. The lowest BCUT2D eigenvalue weighted by Gasteiger charge is -2.41. The van der Waals surface area contributed by atoms with Gasteiger partial charge < -0.3 is 5.73 Å². The highest BCUT2D eigenvalue weighted by molar-refractivity contribution is 7.89. The second-order valence-corrected chi connectivity index (χ2v) is 7.41. The number of halogens is 2. The van der Waals surface area contributed by atoms with Crippen LogP contribution in [0.4, 0.5) is 14.5 Å². The largest absolute Gasteiger partial charge is 0.399 e. The maximum Gasteiger partial charge on any atom is 0.246 e. The average molecular weight is 319 g/mol. The summed E-state index contributed by atoms with van der Waals surface area (Å²) in [6.07, 6.45) is 0. The van der Waals surface area contributed by atoms with Crippen molar-refractivity contribution in [3.8, 4) is 0 Å². The van der Waals surface area contributed by atoms with E-state index in [1.807, 2.05) is 25.8 Å². The molecule has 1 aliphatic rings. The summed E-state index contributed by atoms with van der Waals surface area (Å²) in [5.41, 5.74) is 5.31. The topological polar surface area (TPSA) is 66.6 Å². The summed E-state index contributed by atoms with van der Waals surface area (Å²) in [5.74, 6) is -2.65. The molecule has 2 atom stereocenters. The Kier molecular flexibility index (Phi) is 4.23. The smallest absolute Gasteiger partial charge is 0.246 e. The molecule has 0 bridgehead atoms. The fourth-order valence-corrected chi connectivity index (χ4v) is 4.17. The Hall–Kier alpha value is -1.25. The number of piperazine rings is 1. The minimum Gasteiger partial charge on any atom is -0.399 e. The van der Waals surface area contributed by atoms with E-state index in [0.717, 1.165) is 12.1 Å². The van der Waals surface area contributed by atoms with Crippen molar-refractivity contribution in [1.82, 2.24) is 9.21 Å². The third-order valence-electron chi connectivity index (χ3n) is 3.96. The van der Waals surface area contributed by atoms with Gasteiger partial charge in [-0.25, -0.2) is 17.2 Å². The lowest BCUT2D eigenvalue weighted by Crippen LogP contribution is -2.56. The Morgan fingerprint density at radius 3 is 2.24 bits per heavy atom. The van der Waals surface area contributed by atoms with Crippen molar-refractivity contribution in [3.05, 3.63) is 23.8 Å². The number of sulfonamides is 1. The zero-order chi connectivity index (χ0) is 15.9. The SMILES string of the molecule is CC1CN(S(=O)(=O)c2cc(N)cc(F)c2F)CC(C)N1C. The predicted octanol–water partition coefficient (Wildman–Crippen LogP) is 1.26. The Balaban J connectivity index is 2.44. The fourth-order valence-electron chi connectivity index (χ4n) is 2.46. The van der Waals surface area contributed by atoms with E-state index >= 15 is 0 Å². The minimum absolute atomic E-state index is 0.0162. The first kappa shape index (κ1) is 16.1. The van der Waals surface area contributed by atoms with Crippen LogP contribution in [0.15, 0.2) is 17.0 Å². The average Bonchev–Trinajstić information content (AvgIpc) is 2.39. The van der Waals surface area contributed by atoms with E-state index in [2.05, 4.69) is 0 Å². The number of hydrogen-bond acceptors (Lipinski definition) is 4. The number of nitrogens with two attached hydrogens (primary N) is 1. The summed E-state index contributed by atoms with van der Waals surface area (Å²) >= 11 is 0. The van der Waals surface area contributed by atoms with Crippen molar-refractivity contribution in [2.24, 2.45) is 0 Å². The third kappa shape index (κ3) is 2.88. The Bertz CT molecular complexity index is 639. The van der Waals surface area contributed by atoms with Crippen LogP contribution in [0.25, 0.3) is 0 Å². The molecule has 1 aromatic rings. The molecule has 1 aromatic carbocycles. The molecule has 0 saturated carbocycles.